The van der Waals surface area contributed by atoms with Gasteiger partial charge in [0.2, 0.25) is 0 Å². The molecule has 6 aromatic carbocycles. The van der Waals surface area contributed by atoms with E-state index in [-0.39, 0.29) is 42.3 Å². The molecule has 3 aliphatic rings. The first kappa shape index (κ1) is 60.6. The molecular weight excluding hydrogens is 1120 g/mol. The van der Waals surface area contributed by atoms with Crippen molar-refractivity contribution in [3.63, 3.8) is 0 Å². The number of fused-ring (bicyclic) bond motifs is 3. The van der Waals surface area contributed by atoms with Crippen molar-refractivity contribution in [1.29, 1.82) is 0 Å². The molecule has 0 spiro atoms. The number of nitrogens with one attached hydrogen (secondary N) is 1. The number of rotatable bonds is 8. The lowest BCUT2D eigenvalue weighted by Crippen LogP contribution is -2.23. The Kier molecular flexibility index (Phi) is 21.6. The largest absolute Gasteiger partial charge is 0.478 e. The first-order chi connectivity index (χ1) is 38.8. The second-order valence-corrected chi connectivity index (χ2v) is 19.3. The summed E-state index contributed by atoms with van der Waals surface area (Å²) in [5.41, 5.74) is 10.1. The van der Waals surface area contributed by atoms with E-state index in [0.29, 0.717) is 81.6 Å². The van der Waals surface area contributed by atoms with Gasteiger partial charge in [-0.15, -0.1) is 12.4 Å². The molecule has 19 nitrogen and oxygen atoms in total. The predicted octanol–water partition coefficient (Wildman–Crippen LogP) is 8.44. The van der Waals surface area contributed by atoms with Crippen molar-refractivity contribution in [2.45, 2.75) is 37.6 Å². The van der Waals surface area contributed by atoms with E-state index in [0.717, 1.165) is 78.3 Å². The molecule has 21 heteroatoms. The number of carboxylic acid groups (broad SMARTS) is 1. The van der Waals surface area contributed by atoms with Crippen molar-refractivity contribution in [3.05, 3.63) is 167 Å². The van der Waals surface area contributed by atoms with Crippen molar-refractivity contribution in [2.24, 2.45) is 0 Å². The number of aliphatic hydroxyl groups is 4. The van der Waals surface area contributed by atoms with Crippen molar-refractivity contribution < 1.29 is 49.4 Å². The predicted molar refractivity (Wildman–Crippen MR) is 317 cm³/mol. The Balaban J connectivity index is 0.000000163. The van der Waals surface area contributed by atoms with Crippen LogP contribution in [0, 0.1) is 0 Å². The molecule has 3 aromatic heterocycles. The van der Waals surface area contributed by atoms with Gasteiger partial charge in [0.05, 0.1) is 82.3 Å². The van der Waals surface area contributed by atoms with E-state index in [1.54, 1.807) is 42.5 Å². The zero-order valence-electron chi connectivity index (χ0n) is 44.6. The minimum absolute atomic E-state index is 0. The molecular formula is C60H61BrClN9O10. The summed E-state index contributed by atoms with van der Waals surface area (Å²) in [6.45, 7) is 4.22. The van der Waals surface area contributed by atoms with Gasteiger partial charge in [0.25, 0.3) is 0 Å². The molecule has 0 aliphatic carbocycles. The fraction of sp³-hybridized carbons (Fsp3) is 0.250. The Morgan fingerprint density at radius 1 is 0.506 bits per heavy atom. The Morgan fingerprint density at radius 2 is 0.889 bits per heavy atom. The van der Waals surface area contributed by atoms with Crippen LogP contribution in [0.5, 0.6) is 0 Å². The number of esters is 2. The number of nitrogens with zero attached hydrogens (tertiary/aromatic N) is 8. The number of carbonyl (C=O) groups is 3. The molecule has 0 amide bonds. The van der Waals surface area contributed by atoms with Gasteiger partial charge in [-0.25, -0.2) is 44.3 Å². The number of carbonyl (C=O) groups excluding carboxylic acids is 2. The molecule has 0 radical (unpaired) electrons. The number of carboxylic acids is 1. The summed E-state index contributed by atoms with van der Waals surface area (Å²) in [5.74, 6) is -0.380. The second-order valence-electron chi connectivity index (χ2n) is 18.6. The first-order valence-corrected chi connectivity index (χ1v) is 26.5. The summed E-state index contributed by atoms with van der Waals surface area (Å²) in [5, 5.41) is 47.7. The van der Waals surface area contributed by atoms with Gasteiger partial charge < -0.3 is 50.1 Å². The summed E-state index contributed by atoms with van der Waals surface area (Å²) < 4.78 is 10.1. The van der Waals surface area contributed by atoms with E-state index in [1.165, 1.54) is 26.4 Å². The molecule has 81 heavy (non-hydrogen) atoms. The molecule has 6 N–H and O–H groups in total. The number of aliphatic hydroxyl groups excluding tert-OH is 4. The number of ether oxygens (including phenoxy) is 2. The van der Waals surface area contributed by atoms with Crippen LogP contribution in [0.2, 0.25) is 0 Å². The summed E-state index contributed by atoms with van der Waals surface area (Å²) in [7, 11) is 3.71. The fourth-order valence-electron chi connectivity index (χ4n) is 9.05. The molecule has 3 fully saturated rings. The topological polar surface area (TPSA) is 267 Å². The standard InChI is InChI=1S/C20H19N3O3.C19H17N3O3.C16H11BrN2O2.C4H9NO.CH4O.ClH/c1-26-20(25)14-7-8-16-17(11-14)22-19(23-10-9-15(24)12-23)18(21-16)13-5-3-2-4-6-13;23-14-8-9-22(11-14)18-17(12-4-2-1-3-5-12)20-15-7-6-13(19(24)25)10-16(15)21-18;1-21-16(20)11-7-8-12-13(9-11)19-15(17)14(18-12)10-5-3-2-4-6-10;6-4-1-2-5-3-4;1-2;/h2-8,11,15,24H,9-10,12H2,1H3;1-7,10,14,23H,8-9,11H2,(H,24,25);2-9H,1H3;4-6H,1-3H2;2H,1H3;1H/t15-;14-;;4-;;/m00.0../s1. The number of hydrogen-bond donors (Lipinski definition) is 6. The highest BCUT2D eigenvalue weighted by Crippen LogP contribution is 2.34. The number of β-amino-alcohol motifs (C(OH)–C–C–N with tert-alkyl or cyclic N) is 3. The molecule has 3 aliphatic heterocycles. The summed E-state index contributed by atoms with van der Waals surface area (Å²) >= 11 is 3.44. The minimum atomic E-state index is -0.992. The third-order valence-electron chi connectivity index (χ3n) is 13.1. The third kappa shape index (κ3) is 15.2. The minimum Gasteiger partial charge on any atom is -0.478 e. The van der Waals surface area contributed by atoms with Crippen molar-refractivity contribution in [3.8, 4) is 33.8 Å². The molecule has 3 saturated heterocycles. The van der Waals surface area contributed by atoms with Gasteiger partial charge in [-0.1, -0.05) is 91.0 Å². The van der Waals surface area contributed by atoms with E-state index in [1.807, 2.05) is 101 Å². The van der Waals surface area contributed by atoms with Gasteiger partial charge in [0, 0.05) is 56.5 Å². The number of hydrogen-bond acceptors (Lipinski definition) is 18. The first-order valence-electron chi connectivity index (χ1n) is 25.7. The Morgan fingerprint density at radius 3 is 1.23 bits per heavy atom. The van der Waals surface area contributed by atoms with E-state index in [9.17, 15) is 29.7 Å². The Labute approximate surface area is 481 Å². The van der Waals surface area contributed by atoms with Gasteiger partial charge in [0.15, 0.2) is 11.6 Å². The number of anilines is 2. The highest BCUT2D eigenvalue weighted by atomic mass is 79.9. The summed E-state index contributed by atoms with van der Waals surface area (Å²) in [6.07, 6.45) is 1.51. The highest BCUT2D eigenvalue weighted by Gasteiger charge is 2.27. The summed E-state index contributed by atoms with van der Waals surface area (Å²) in [4.78, 5) is 66.8. The Bertz CT molecular complexity index is 3590. The van der Waals surface area contributed by atoms with E-state index < -0.39 is 11.9 Å². The maximum absolute atomic E-state index is 11.8. The van der Waals surface area contributed by atoms with Crippen LogP contribution in [-0.4, -0.2) is 152 Å². The van der Waals surface area contributed by atoms with Crippen molar-refractivity contribution >= 4 is 91.0 Å². The van der Waals surface area contributed by atoms with Crippen LogP contribution >= 0.6 is 28.3 Å². The van der Waals surface area contributed by atoms with Crippen LogP contribution in [-0.2, 0) is 9.47 Å². The van der Waals surface area contributed by atoms with Crippen LogP contribution < -0.4 is 15.1 Å². The van der Waals surface area contributed by atoms with Crippen LogP contribution in [0.3, 0.4) is 0 Å². The lowest BCUT2D eigenvalue weighted by molar-refractivity contribution is 0.0592. The Hall–Kier alpha value is -8.08. The SMILES string of the molecule is CO.COC(=O)c1ccc2nc(-c3ccccc3)c(Br)nc2c1.COC(=O)c1ccc2nc(-c3ccccc3)c(N3CC[C@H](O)C3)nc2c1.Cl.O=C(O)c1ccc2nc(-c3ccccc3)c(N3CC[C@H](O)C3)nc2c1.O[C@H]1CCNC1. The number of halogens is 2. The zero-order valence-corrected chi connectivity index (χ0v) is 47.0. The van der Waals surface area contributed by atoms with Crippen LogP contribution in [0.25, 0.3) is 66.9 Å². The third-order valence-corrected chi connectivity index (χ3v) is 13.7. The fourth-order valence-corrected chi connectivity index (χ4v) is 9.56. The zero-order chi connectivity index (χ0) is 56.7. The van der Waals surface area contributed by atoms with Crippen LogP contribution in [0.1, 0.15) is 50.3 Å². The molecule has 6 heterocycles. The smallest absolute Gasteiger partial charge is 0.337 e. The second kappa shape index (κ2) is 28.9. The molecule has 3 atom stereocenters. The molecule has 0 saturated carbocycles. The molecule has 0 bridgehead atoms. The average molecular weight is 1180 g/mol. The summed E-state index contributed by atoms with van der Waals surface area (Å²) in [6, 6.07) is 44.5. The lowest BCUT2D eigenvalue weighted by Gasteiger charge is -2.20. The number of aromatic nitrogens is 6. The number of benzene rings is 6. The molecule has 9 aromatic rings. The monoisotopic (exact) mass is 1180 g/mol. The van der Waals surface area contributed by atoms with Crippen LogP contribution in [0.4, 0.5) is 11.6 Å². The number of aromatic carboxylic acids is 1. The van der Waals surface area contributed by atoms with E-state index in [4.69, 9.17) is 39.6 Å². The maximum Gasteiger partial charge on any atom is 0.337 e. The lowest BCUT2D eigenvalue weighted by atomic mass is 10.1. The quantitative estimate of drug-likeness (QED) is 0.0779. The van der Waals surface area contributed by atoms with Crippen LogP contribution in [0.15, 0.2) is 150 Å². The van der Waals surface area contributed by atoms with Gasteiger partial charge in [0.1, 0.15) is 21.7 Å². The highest BCUT2D eigenvalue weighted by molar-refractivity contribution is 9.10. The average Bonchev–Trinajstić information content (AvgIpc) is 4.50. The van der Waals surface area contributed by atoms with E-state index >= 15 is 0 Å². The van der Waals surface area contributed by atoms with Crippen molar-refractivity contribution in [1.82, 2.24) is 35.2 Å². The van der Waals surface area contributed by atoms with Gasteiger partial charge >= 0.3 is 17.9 Å². The normalized spacial score (nSPS) is 16.1. The molecule has 420 valence electrons. The molecule has 12 rings (SSSR count). The van der Waals surface area contributed by atoms with Gasteiger partial charge in [-0.2, -0.15) is 0 Å². The van der Waals surface area contributed by atoms with Crippen molar-refractivity contribution in [2.75, 3.05) is 70.4 Å². The van der Waals surface area contributed by atoms with Gasteiger partial charge in [-0.05, 0) is 96.3 Å². The number of methoxy groups -OCH3 is 2. The molecule has 0 unspecified atom stereocenters. The van der Waals surface area contributed by atoms with E-state index in [2.05, 4.69) is 31.2 Å². The maximum atomic E-state index is 11.8. The van der Waals surface area contributed by atoms with Gasteiger partial charge in [-0.3, -0.25) is 0 Å².